The van der Waals surface area contributed by atoms with Gasteiger partial charge in [-0.25, -0.2) is 0 Å². The average molecular weight is 271 g/mol. The Morgan fingerprint density at radius 3 is 2.65 bits per heavy atom. The van der Waals surface area contributed by atoms with Crippen molar-refractivity contribution in [1.82, 2.24) is 9.88 Å². The minimum atomic E-state index is 0.535. The molecule has 20 heavy (non-hydrogen) atoms. The lowest BCUT2D eigenvalue weighted by molar-refractivity contribution is 0.314. The van der Waals surface area contributed by atoms with Crippen LogP contribution in [0.3, 0.4) is 0 Å². The lowest BCUT2D eigenvalue weighted by Gasteiger charge is -2.16. The van der Waals surface area contributed by atoms with Crippen molar-refractivity contribution in [3.63, 3.8) is 0 Å². The van der Waals surface area contributed by atoms with Crippen LogP contribution in [-0.4, -0.2) is 24.0 Å². The molecule has 0 aliphatic carbocycles. The molecule has 2 aromatic rings. The van der Waals surface area contributed by atoms with Gasteiger partial charge in [-0.1, -0.05) is 18.2 Å². The molecule has 1 heterocycles. The zero-order valence-electron chi connectivity index (χ0n) is 12.0. The third-order valence-electron chi connectivity index (χ3n) is 3.14. The second-order valence-corrected chi connectivity index (χ2v) is 4.89. The molecule has 0 aliphatic heterocycles. The summed E-state index contributed by atoms with van der Waals surface area (Å²) in [4.78, 5) is 6.64. The predicted octanol–water partition coefficient (Wildman–Crippen LogP) is 2.18. The maximum absolute atomic E-state index is 5.57. The van der Waals surface area contributed by atoms with Crippen LogP contribution in [0.1, 0.15) is 16.8 Å². The molecule has 2 N–H and O–H groups in total. The summed E-state index contributed by atoms with van der Waals surface area (Å²) >= 11 is 0. The predicted molar refractivity (Wildman–Crippen MR) is 80.3 cm³/mol. The van der Waals surface area contributed by atoms with Gasteiger partial charge in [-0.05, 0) is 36.4 Å². The van der Waals surface area contributed by atoms with Crippen molar-refractivity contribution >= 4 is 0 Å². The summed E-state index contributed by atoms with van der Waals surface area (Å²) in [5, 5.41) is 0. The molecular weight excluding hydrogens is 250 g/mol. The van der Waals surface area contributed by atoms with Crippen molar-refractivity contribution in [2.75, 3.05) is 14.2 Å². The Kier molecular flexibility index (Phi) is 5.09. The zero-order valence-corrected chi connectivity index (χ0v) is 12.0. The van der Waals surface area contributed by atoms with E-state index in [1.807, 2.05) is 30.5 Å². The zero-order chi connectivity index (χ0) is 14.4. The van der Waals surface area contributed by atoms with Gasteiger partial charge in [0.05, 0.1) is 12.8 Å². The van der Waals surface area contributed by atoms with E-state index in [0.717, 1.165) is 30.1 Å². The topological polar surface area (TPSA) is 51.4 Å². The van der Waals surface area contributed by atoms with Gasteiger partial charge in [-0.15, -0.1) is 0 Å². The molecule has 1 aromatic heterocycles. The third-order valence-corrected chi connectivity index (χ3v) is 3.14. The molecule has 0 saturated heterocycles. The van der Waals surface area contributed by atoms with Crippen LogP contribution in [-0.2, 0) is 19.6 Å². The Morgan fingerprint density at radius 1 is 1.15 bits per heavy atom. The van der Waals surface area contributed by atoms with Gasteiger partial charge in [-0.2, -0.15) is 0 Å². The van der Waals surface area contributed by atoms with E-state index in [-0.39, 0.29) is 0 Å². The normalized spacial score (nSPS) is 10.8. The van der Waals surface area contributed by atoms with E-state index in [1.54, 1.807) is 7.11 Å². The molecule has 0 unspecified atom stereocenters. The van der Waals surface area contributed by atoms with E-state index >= 15 is 0 Å². The number of nitrogens with zero attached hydrogens (tertiary/aromatic N) is 2. The van der Waals surface area contributed by atoms with E-state index < -0.39 is 0 Å². The SMILES string of the molecule is COc1cccc(CN(C)Cc2ccc(CN)cn2)c1. The molecule has 0 aliphatic rings. The lowest BCUT2D eigenvalue weighted by Crippen LogP contribution is -2.18. The van der Waals surface area contributed by atoms with E-state index in [4.69, 9.17) is 10.5 Å². The van der Waals surface area contributed by atoms with Crippen LogP contribution in [0.5, 0.6) is 5.75 Å². The highest BCUT2D eigenvalue weighted by Gasteiger charge is 2.04. The van der Waals surface area contributed by atoms with Crippen molar-refractivity contribution in [3.8, 4) is 5.75 Å². The summed E-state index contributed by atoms with van der Waals surface area (Å²) in [5.41, 5.74) is 8.90. The monoisotopic (exact) mass is 271 g/mol. The molecule has 0 atom stereocenters. The van der Waals surface area contributed by atoms with Crippen LogP contribution in [0.15, 0.2) is 42.6 Å². The number of nitrogens with two attached hydrogens (primary N) is 1. The quantitative estimate of drug-likeness (QED) is 0.875. The largest absolute Gasteiger partial charge is 0.497 e. The van der Waals surface area contributed by atoms with Gasteiger partial charge in [-0.3, -0.25) is 9.88 Å². The number of rotatable bonds is 6. The molecule has 0 fully saturated rings. The van der Waals surface area contributed by atoms with E-state index in [2.05, 4.69) is 29.1 Å². The highest BCUT2D eigenvalue weighted by atomic mass is 16.5. The first-order chi connectivity index (χ1) is 9.71. The Morgan fingerprint density at radius 2 is 2.00 bits per heavy atom. The maximum Gasteiger partial charge on any atom is 0.119 e. The Balaban J connectivity index is 1.95. The Hall–Kier alpha value is -1.91. The summed E-state index contributed by atoms with van der Waals surface area (Å²) in [6, 6.07) is 12.2. The molecule has 0 saturated carbocycles. The summed E-state index contributed by atoms with van der Waals surface area (Å²) < 4.78 is 5.24. The molecule has 1 aromatic carbocycles. The van der Waals surface area contributed by atoms with Gasteiger partial charge >= 0.3 is 0 Å². The Labute approximate surface area is 120 Å². The maximum atomic E-state index is 5.57. The van der Waals surface area contributed by atoms with Gasteiger partial charge in [0, 0.05) is 25.8 Å². The van der Waals surface area contributed by atoms with Crippen molar-refractivity contribution in [2.24, 2.45) is 5.73 Å². The molecule has 0 amide bonds. The minimum absolute atomic E-state index is 0.535. The van der Waals surface area contributed by atoms with Gasteiger partial charge in [0.1, 0.15) is 5.75 Å². The standard InChI is InChI=1S/C16H21N3O/c1-19(11-13-4-3-5-16(8-13)20-2)12-15-7-6-14(9-17)10-18-15/h3-8,10H,9,11-12,17H2,1-2H3. The highest BCUT2D eigenvalue weighted by Crippen LogP contribution is 2.14. The molecule has 4 heteroatoms. The van der Waals surface area contributed by atoms with Gasteiger partial charge in [0.2, 0.25) is 0 Å². The van der Waals surface area contributed by atoms with Gasteiger partial charge < -0.3 is 10.5 Å². The number of pyridine rings is 1. The summed E-state index contributed by atoms with van der Waals surface area (Å²) in [5.74, 6) is 0.890. The molecule has 0 radical (unpaired) electrons. The fourth-order valence-electron chi connectivity index (χ4n) is 2.08. The van der Waals surface area contributed by atoms with Crippen molar-refractivity contribution < 1.29 is 4.74 Å². The molecule has 4 nitrogen and oxygen atoms in total. The minimum Gasteiger partial charge on any atom is -0.497 e. The van der Waals surface area contributed by atoms with E-state index in [1.165, 1.54) is 5.56 Å². The summed E-state index contributed by atoms with van der Waals surface area (Å²) in [7, 11) is 3.77. The number of hydrogen-bond donors (Lipinski definition) is 1. The van der Waals surface area contributed by atoms with Crippen molar-refractivity contribution in [2.45, 2.75) is 19.6 Å². The second-order valence-electron chi connectivity index (χ2n) is 4.89. The van der Waals surface area contributed by atoms with Crippen LogP contribution in [0.25, 0.3) is 0 Å². The Bertz CT molecular complexity index is 540. The van der Waals surface area contributed by atoms with Crippen LogP contribution in [0, 0.1) is 0 Å². The molecule has 2 rings (SSSR count). The van der Waals surface area contributed by atoms with Crippen molar-refractivity contribution in [1.29, 1.82) is 0 Å². The molecular formula is C16H21N3O. The third kappa shape index (κ3) is 4.05. The van der Waals surface area contributed by atoms with Crippen LogP contribution in [0.2, 0.25) is 0 Å². The van der Waals surface area contributed by atoms with Gasteiger partial charge in [0.25, 0.3) is 0 Å². The number of benzene rings is 1. The van der Waals surface area contributed by atoms with E-state index in [9.17, 15) is 0 Å². The average Bonchev–Trinajstić information content (AvgIpc) is 2.48. The number of methoxy groups -OCH3 is 1. The second kappa shape index (κ2) is 7.03. The summed E-state index contributed by atoms with van der Waals surface area (Å²) in [6.45, 7) is 2.20. The van der Waals surface area contributed by atoms with E-state index in [0.29, 0.717) is 6.54 Å². The first-order valence-electron chi connectivity index (χ1n) is 6.66. The highest BCUT2D eigenvalue weighted by molar-refractivity contribution is 5.28. The number of ether oxygens (including phenoxy) is 1. The number of aromatic nitrogens is 1. The fraction of sp³-hybridized carbons (Fsp3) is 0.312. The van der Waals surface area contributed by atoms with Crippen LogP contribution < -0.4 is 10.5 Å². The fourth-order valence-corrected chi connectivity index (χ4v) is 2.08. The van der Waals surface area contributed by atoms with Crippen LogP contribution >= 0.6 is 0 Å². The lowest BCUT2D eigenvalue weighted by atomic mass is 10.2. The molecule has 0 spiro atoms. The van der Waals surface area contributed by atoms with Gasteiger partial charge in [0.15, 0.2) is 0 Å². The van der Waals surface area contributed by atoms with Crippen molar-refractivity contribution in [3.05, 3.63) is 59.4 Å². The summed E-state index contributed by atoms with van der Waals surface area (Å²) in [6.07, 6.45) is 1.84. The molecule has 106 valence electrons. The first-order valence-corrected chi connectivity index (χ1v) is 6.66. The van der Waals surface area contributed by atoms with Crippen LogP contribution in [0.4, 0.5) is 0 Å². The number of hydrogen-bond acceptors (Lipinski definition) is 4. The smallest absolute Gasteiger partial charge is 0.119 e. The first kappa shape index (κ1) is 14.5. The molecule has 0 bridgehead atoms.